The fourth-order valence-electron chi connectivity index (χ4n) is 6.09. The van der Waals surface area contributed by atoms with Gasteiger partial charge in [0.05, 0.1) is 0 Å². The highest BCUT2D eigenvalue weighted by atomic mass is 31.0. The molecule has 0 aliphatic heterocycles. The number of hydrogen-bond acceptors (Lipinski definition) is 1. The van der Waals surface area contributed by atoms with Gasteiger partial charge in [0.25, 0.3) is 0 Å². The maximum absolute atomic E-state index is 14.8. The van der Waals surface area contributed by atoms with E-state index in [0.29, 0.717) is 16.8 Å². The van der Waals surface area contributed by atoms with Crippen molar-refractivity contribution in [3.05, 3.63) is 82.7 Å². The maximum Gasteiger partial charge on any atom is 0.432 e. The quantitative estimate of drug-likeness (QED) is 0.180. The minimum absolute atomic E-state index is 0.0436. The van der Waals surface area contributed by atoms with Gasteiger partial charge in [0, 0.05) is 12.1 Å². The lowest BCUT2D eigenvalue weighted by Crippen LogP contribution is -2.25. The Labute approximate surface area is 212 Å². The van der Waals surface area contributed by atoms with Crippen molar-refractivity contribution in [2.75, 3.05) is 0 Å². The summed E-state index contributed by atoms with van der Waals surface area (Å²) in [5.41, 5.74) is -0.0824. The highest BCUT2D eigenvalue weighted by Crippen LogP contribution is 2.52. The van der Waals surface area contributed by atoms with Crippen molar-refractivity contribution in [3.8, 4) is 16.9 Å². The van der Waals surface area contributed by atoms with Gasteiger partial charge in [-0.15, -0.1) is 9.24 Å². The van der Waals surface area contributed by atoms with Crippen LogP contribution in [0.4, 0.5) is 30.7 Å². The van der Waals surface area contributed by atoms with Crippen molar-refractivity contribution >= 4 is 14.5 Å². The minimum Gasteiger partial charge on any atom is -0.429 e. The van der Waals surface area contributed by atoms with Crippen LogP contribution in [0.3, 0.4) is 0 Å². The van der Waals surface area contributed by atoms with Crippen LogP contribution in [0.1, 0.15) is 49.7 Å². The Morgan fingerprint density at radius 2 is 1.35 bits per heavy atom. The molecule has 3 aromatic carbocycles. The van der Waals surface area contributed by atoms with E-state index in [-0.39, 0.29) is 17.7 Å². The fraction of sp³-hybridized carbons (Fsp3) is 0.357. The van der Waals surface area contributed by atoms with Crippen molar-refractivity contribution in [2.45, 2.75) is 44.6 Å². The Hall–Kier alpha value is -2.60. The molecule has 1 nitrogen and oxygen atoms in total. The number of hydrogen-bond donors (Lipinski definition) is 0. The van der Waals surface area contributed by atoms with E-state index in [9.17, 15) is 30.7 Å². The van der Waals surface area contributed by atoms with Gasteiger partial charge in [-0.2, -0.15) is 8.78 Å². The molecule has 196 valence electrons. The Kier molecular flexibility index (Phi) is 6.76. The van der Waals surface area contributed by atoms with Gasteiger partial charge < -0.3 is 4.74 Å². The van der Waals surface area contributed by atoms with E-state index in [1.807, 2.05) is 12.1 Å². The zero-order valence-corrected chi connectivity index (χ0v) is 21.0. The third-order valence-electron chi connectivity index (χ3n) is 7.65. The monoisotopic (exact) mass is 540 g/mol. The second kappa shape index (κ2) is 9.61. The van der Waals surface area contributed by atoms with E-state index in [1.54, 1.807) is 6.07 Å². The van der Waals surface area contributed by atoms with Crippen LogP contribution in [-0.4, -0.2) is 0 Å². The molecule has 0 heterocycles. The molecular formula is C28H24F7OP. The van der Waals surface area contributed by atoms with Crippen molar-refractivity contribution in [1.82, 2.24) is 0 Å². The molecule has 37 heavy (non-hydrogen) atoms. The van der Waals surface area contributed by atoms with E-state index in [0.717, 1.165) is 48.3 Å². The summed E-state index contributed by atoms with van der Waals surface area (Å²) in [5.74, 6) is -7.14. The lowest BCUT2D eigenvalue weighted by atomic mass is 9.91. The third kappa shape index (κ3) is 4.97. The van der Waals surface area contributed by atoms with Crippen LogP contribution in [0.5, 0.6) is 5.75 Å². The van der Waals surface area contributed by atoms with Crippen LogP contribution < -0.4 is 10.0 Å². The summed E-state index contributed by atoms with van der Waals surface area (Å²) in [6.45, 7) is 2.29. The van der Waals surface area contributed by atoms with Gasteiger partial charge in [-0.25, -0.2) is 22.0 Å². The molecule has 3 atom stereocenters. The largest absolute Gasteiger partial charge is 0.432 e. The van der Waals surface area contributed by atoms with Crippen LogP contribution in [-0.2, 0) is 6.11 Å². The van der Waals surface area contributed by atoms with Crippen LogP contribution >= 0.6 is 9.24 Å². The maximum atomic E-state index is 14.8. The molecule has 2 aliphatic rings. The summed E-state index contributed by atoms with van der Waals surface area (Å²) >= 11 is 0. The topological polar surface area (TPSA) is 9.23 Å². The average molecular weight is 540 g/mol. The molecular weight excluding hydrogens is 516 g/mol. The van der Waals surface area contributed by atoms with E-state index in [4.69, 9.17) is 0 Å². The molecule has 5 rings (SSSR count). The zero-order chi connectivity index (χ0) is 26.6. The summed E-state index contributed by atoms with van der Waals surface area (Å²) in [6.07, 6.45) is 0.102. The van der Waals surface area contributed by atoms with E-state index >= 15 is 0 Å². The van der Waals surface area contributed by atoms with E-state index in [1.165, 1.54) is 12.8 Å². The first-order valence-corrected chi connectivity index (χ1v) is 12.6. The average Bonchev–Trinajstić information content (AvgIpc) is 3.33. The van der Waals surface area contributed by atoms with Crippen LogP contribution in [0, 0.1) is 46.8 Å². The SMILES string of the molecule is CC1CC2CC(c3ccc(-c4cc(F)c(C(F)(F)Oc5cc(F)c(F)c(F)c5)c(F)c4)c(P)c3)CC2C1. The molecule has 0 N–H and O–H groups in total. The zero-order valence-electron chi connectivity index (χ0n) is 19.8. The number of benzene rings is 3. The molecule has 0 saturated heterocycles. The summed E-state index contributed by atoms with van der Waals surface area (Å²) in [7, 11) is 2.54. The number of halogens is 7. The van der Waals surface area contributed by atoms with Gasteiger partial charge in [0.2, 0.25) is 0 Å². The minimum atomic E-state index is -4.63. The Bertz CT molecular complexity index is 1300. The molecule has 0 radical (unpaired) electrons. The standard InChI is InChI=1S/C28H24F7OP/c1-13-4-15-6-17(7-16(15)5-13)14-2-3-20(25(37)10-14)18-8-21(29)26(22(30)9-18)28(34,35)36-19-11-23(31)27(33)24(32)12-19/h2-3,8-13,15-17H,4-7,37H2,1H3. The second-order valence-corrected chi connectivity index (χ2v) is 10.9. The van der Waals surface area contributed by atoms with Gasteiger partial charge in [0.1, 0.15) is 22.9 Å². The first-order chi connectivity index (χ1) is 17.4. The molecule has 0 amide bonds. The molecule has 3 aromatic rings. The third-order valence-corrected chi connectivity index (χ3v) is 8.12. The number of ether oxygens (including phenoxy) is 1. The molecule has 0 aromatic heterocycles. The first-order valence-electron chi connectivity index (χ1n) is 12.0. The Balaban J connectivity index is 1.39. The van der Waals surface area contributed by atoms with Gasteiger partial charge in [-0.05, 0) is 83.5 Å². The normalized spacial score (nSPS) is 23.4. The summed E-state index contributed by atoms with van der Waals surface area (Å²) < 4.78 is 103. The van der Waals surface area contributed by atoms with Crippen LogP contribution in [0.2, 0.25) is 0 Å². The number of rotatable bonds is 5. The summed E-state index contributed by atoms with van der Waals surface area (Å²) in [4.78, 5) is 0. The number of fused-ring (bicyclic) bond motifs is 1. The smallest absolute Gasteiger partial charge is 0.429 e. The lowest BCUT2D eigenvalue weighted by Gasteiger charge is -2.20. The van der Waals surface area contributed by atoms with Gasteiger partial charge in [-0.3, -0.25) is 0 Å². The van der Waals surface area contributed by atoms with Crippen molar-refractivity contribution in [2.24, 2.45) is 17.8 Å². The van der Waals surface area contributed by atoms with Crippen molar-refractivity contribution < 1.29 is 35.5 Å². The molecule has 2 saturated carbocycles. The lowest BCUT2D eigenvalue weighted by molar-refractivity contribution is -0.189. The molecule has 3 unspecified atom stereocenters. The second-order valence-electron chi connectivity index (χ2n) is 10.2. The Morgan fingerprint density at radius 1 is 0.784 bits per heavy atom. The van der Waals surface area contributed by atoms with Crippen LogP contribution in [0.15, 0.2) is 42.5 Å². The van der Waals surface area contributed by atoms with Gasteiger partial charge in [-0.1, -0.05) is 25.1 Å². The van der Waals surface area contributed by atoms with Crippen molar-refractivity contribution in [1.29, 1.82) is 0 Å². The molecule has 9 heteroatoms. The van der Waals surface area contributed by atoms with Gasteiger partial charge in [0.15, 0.2) is 17.5 Å². The predicted molar refractivity (Wildman–Crippen MR) is 129 cm³/mol. The molecule has 0 spiro atoms. The van der Waals surface area contributed by atoms with E-state index < -0.39 is 46.5 Å². The van der Waals surface area contributed by atoms with Crippen molar-refractivity contribution in [3.63, 3.8) is 0 Å². The highest BCUT2D eigenvalue weighted by molar-refractivity contribution is 7.28. The Morgan fingerprint density at radius 3 is 1.89 bits per heavy atom. The fourth-order valence-corrected chi connectivity index (χ4v) is 6.54. The molecule has 0 bridgehead atoms. The number of alkyl halides is 2. The molecule has 2 fully saturated rings. The predicted octanol–water partition coefficient (Wildman–Crippen LogP) is 8.22. The molecule has 2 aliphatic carbocycles. The highest BCUT2D eigenvalue weighted by Gasteiger charge is 2.42. The van der Waals surface area contributed by atoms with Crippen LogP contribution in [0.25, 0.3) is 11.1 Å². The van der Waals surface area contributed by atoms with E-state index in [2.05, 4.69) is 20.9 Å². The summed E-state index contributed by atoms with van der Waals surface area (Å²) in [6, 6.07) is 7.43. The first kappa shape index (κ1) is 26.0. The summed E-state index contributed by atoms with van der Waals surface area (Å²) in [5, 5.41) is 0.676. The van der Waals surface area contributed by atoms with Gasteiger partial charge >= 0.3 is 6.11 Å².